The lowest BCUT2D eigenvalue weighted by atomic mass is 10.1. The summed E-state index contributed by atoms with van der Waals surface area (Å²) in [5.74, 6) is 0. The van der Waals surface area contributed by atoms with Crippen molar-refractivity contribution in [2.75, 3.05) is 0 Å². The predicted molar refractivity (Wildman–Crippen MR) is 63.8 cm³/mol. The second-order valence-electron chi connectivity index (χ2n) is 3.09. The molecular weight excluding hydrogens is 310 g/mol. The molecule has 1 aromatic heterocycles. The maximum absolute atomic E-state index is 10.9. The van der Waals surface area contributed by atoms with E-state index in [0.29, 0.717) is 0 Å². The molecule has 14 heavy (non-hydrogen) atoms. The monoisotopic (exact) mass is 315 g/mol. The number of benzene rings is 1. The average molecular weight is 317 g/mol. The van der Waals surface area contributed by atoms with Crippen LogP contribution in [-0.4, -0.2) is 11.3 Å². The molecule has 1 heterocycles. The van der Waals surface area contributed by atoms with E-state index in [2.05, 4.69) is 36.8 Å². The predicted octanol–water partition coefficient (Wildman–Crippen LogP) is 3.81. The van der Waals surface area contributed by atoms with Gasteiger partial charge in [-0.2, -0.15) is 0 Å². The first-order chi connectivity index (χ1) is 6.63. The number of nitrogens with one attached hydrogen (secondary N) is 1. The molecule has 0 fully saturated rings. The number of aromatic nitrogens is 1. The number of halogens is 2. The van der Waals surface area contributed by atoms with Crippen LogP contribution in [0, 0.1) is 6.92 Å². The first-order valence-electron chi connectivity index (χ1n) is 4.06. The summed E-state index contributed by atoms with van der Waals surface area (Å²) in [7, 11) is 0. The fourth-order valence-corrected chi connectivity index (χ4v) is 2.18. The molecule has 1 aromatic carbocycles. The number of fused-ring (bicyclic) bond motifs is 1. The Kier molecular flexibility index (Phi) is 2.49. The standard InChI is InChI=1S/C10H7Br2NO/c1-5-7(4-14)6-2-8(11)9(12)3-10(6)13-5/h2-4,13H,1H3. The summed E-state index contributed by atoms with van der Waals surface area (Å²) in [5.41, 5.74) is 2.60. The van der Waals surface area contributed by atoms with E-state index in [-0.39, 0.29) is 0 Å². The minimum absolute atomic E-state index is 0.730. The van der Waals surface area contributed by atoms with Crippen molar-refractivity contribution in [1.29, 1.82) is 0 Å². The molecule has 0 aliphatic heterocycles. The van der Waals surface area contributed by atoms with E-state index in [9.17, 15) is 4.79 Å². The summed E-state index contributed by atoms with van der Waals surface area (Å²) in [6.45, 7) is 1.89. The van der Waals surface area contributed by atoms with Crippen LogP contribution in [0.4, 0.5) is 0 Å². The molecule has 0 aliphatic carbocycles. The van der Waals surface area contributed by atoms with Gasteiger partial charge in [0.05, 0.1) is 0 Å². The molecule has 0 amide bonds. The van der Waals surface area contributed by atoms with Gasteiger partial charge in [0.1, 0.15) is 0 Å². The average Bonchev–Trinajstić information content (AvgIpc) is 2.42. The van der Waals surface area contributed by atoms with E-state index in [1.54, 1.807) is 0 Å². The van der Waals surface area contributed by atoms with Crippen molar-refractivity contribution in [3.8, 4) is 0 Å². The summed E-state index contributed by atoms with van der Waals surface area (Å²) in [5, 5.41) is 0.951. The zero-order valence-corrected chi connectivity index (χ0v) is 10.6. The van der Waals surface area contributed by atoms with Crippen LogP contribution >= 0.6 is 31.9 Å². The molecule has 0 spiro atoms. The zero-order valence-electron chi connectivity index (χ0n) is 7.40. The highest BCUT2D eigenvalue weighted by Crippen LogP contribution is 2.30. The number of aromatic amines is 1. The van der Waals surface area contributed by atoms with Gasteiger partial charge in [0.15, 0.2) is 6.29 Å². The number of hydrogen-bond donors (Lipinski definition) is 1. The normalized spacial score (nSPS) is 10.8. The van der Waals surface area contributed by atoms with Crippen molar-refractivity contribution < 1.29 is 4.79 Å². The molecule has 0 aliphatic rings. The molecule has 0 saturated heterocycles. The van der Waals surface area contributed by atoms with Gasteiger partial charge >= 0.3 is 0 Å². The molecule has 0 saturated carbocycles. The SMILES string of the molecule is Cc1[nH]c2cc(Br)c(Br)cc2c1C=O. The molecule has 0 bridgehead atoms. The number of hydrogen-bond acceptors (Lipinski definition) is 1. The van der Waals surface area contributed by atoms with E-state index in [1.807, 2.05) is 19.1 Å². The summed E-state index contributed by atoms with van der Waals surface area (Å²) < 4.78 is 1.93. The van der Waals surface area contributed by atoms with Crippen molar-refractivity contribution >= 4 is 49.0 Å². The number of aldehydes is 1. The minimum Gasteiger partial charge on any atom is -0.358 e. The third-order valence-electron chi connectivity index (χ3n) is 2.19. The van der Waals surface area contributed by atoms with E-state index in [4.69, 9.17) is 0 Å². The van der Waals surface area contributed by atoms with Gasteiger partial charge in [-0.25, -0.2) is 0 Å². The van der Waals surface area contributed by atoms with Crippen molar-refractivity contribution in [3.63, 3.8) is 0 Å². The van der Waals surface area contributed by atoms with Crippen molar-refractivity contribution in [3.05, 3.63) is 32.3 Å². The van der Waals surface area contributed by atoms with E-state index < -0.39 is 0 Å². The van der Waals surface area contributed by atoms with Crippen molar-refractivity contribution in [2.45, 2.75) is 6.92 Å². The third-order valence-corrected chi connectivity index (χ3v) is 4.04. The number of rotatable bonds is 1. The Labute approximate surface area is 97.9 Å². The Bertz CT molecular complexity index is 516. The quantitative estimate of drug-likeness (QED) is 0.797. The maximum atomic E-state index is 10.9. The lowest BCUT2D eigenvalue weighted by Crippen LogP contribution is -1.80. The topological polar surface area (TPSA) is 32.9 Å². The molecule has 72 valence electrons. The fraction of sp³-hybridized carbons (Fsp3) is 0.100. The molecule has 0 radical (unpaired) electrons. The number of aryl methyl sites for hydroxylation is 1. The molecule has 2 nitrogen and oxygen atoms in total. The lowest BCUT2D eigenvalue weighted by molar-refractivity contribution is 0.112. The van der Waals surface area contributed by atoms with Gasteiger partial charge in [-0.1, -0.05) is 0 Å². The van der Waals surface area contributed by atoms with Crippen LogP contribution in [0.25, 0.3) is 10.9 Å². The van der Waals surface area contributed by atoms with Crippen LogP contribution in [0.3, 0.4) is 0 Å². The molecule has 1 N–H and O–H groups in total. The summed E-state index contributed by atoms with van der Waals surface area (Å²) in [6, 6.07) is 3.89. The first-order valence-corrected chi connectivity index (χ1v) is 5.64. The van der Waals surface area contributed by atoms with Crippen LogP contribution in [0.5, 0.6) is 0 Å². The van der Waals surface area contributed by atoms with Gasteiger partial charge in [-0.15, -0.1) is 0 Å². The molecule has 0 atom stereocenters. The van der Waals surface area contributed by atoms with Crippen LogP contribution in [-0.2, 0) is 0 Å². The highest BCUT2D eigenvalue weighted by atomic mass is 79.9. The second kappa shape index (κ2) is 3.51. The number of carbonyl (C=O) groups excluding carboxylic acids is 1. The first kappa shape index (κ1) is 9.93. The minimum atomic E-state index is 0.730. The van der Waals surface area contributed by atoms with Gasteiger partial charge in [0, 0.05) is 31.1 Å². The third kappa shape index (κ3) is 1.42. The largest absolute Gasteiger partial charge is 0.358 e. The van der Waals surface area contributed by atoms with E-state index in [0.717, 1.165) is 37.4 Å². The Morgan fingerprint density at radius 1 is 1.29 bits per heavy atom. The Morgan fingerprint density at radius 2 is 1.93 bits per heavy atom. The fourth-order valence-electron chi connectivity index (χ4n) is 1.50. The number of carbonyl (C=O) groups is 1. The molecular formula is C10H7Br2NO. The highest BCUT2D eigenvalue weighted by molar-refractivity contribution is 9.13. The van der Waals surface area contributed by atoms with Gasteiger partial charge < -0.3 is 4.98 Å². The van der Waals surface area contributed by atoms with Crippen LogP contribution in [0.15, 0.2) is 21.1 Å². The lowest BCUT2D eigenvalue weighted by Gasteiger charge is -1.96. The zero-order chi connectivity index (χ0) is 10.3. The molecule has 2 rings (SSSR count). The van der Waals surface area contributed by atoms with Gasteiger partial charge in [0.25, 0.3) is 0 Å². The molecule has 4 heteroatoms. The van der Waals surface area contributed by atoms with Gasteiger partial charge in [0.2, 0.25) is 0 Å². The van der Waals surface area contributed by atoms with Gasteiger partial charge in [-0.3, -0.25) is 4.79 Å². The van der Waals surface area contributed by atoms with Crippen LogP contribution < -0.4 is 0 Å². The summed E-state index contributed by atoms with van der Waals surface area (Å²) >= 11 is 6.83. The van der Waals surface area contributed by atoms with Gasteiger partial charge in [-0.05, 0) is 50.9 Å². The van der Waals surface area contributed by atoms with Crippen molar-refractivity contribution in [1.82, 2.24) is 4.98 Å². The second-order valence-corrected chi connectivity index (χ2v) is 4.80. The number of H-pyrrole nitrogens is 1. The Balaban J connectivity index is 2.89. The molecule has 0 unspecified atom stereocenters. The van der Waals surface area contributed by atoms with Crippen LogP contribution in [0.1, 0.15) is 16.1 Å². The maximum Gasteiger partial charge on any atom is 0.152 e. The van der Waals surface area contributed by atoms with Crippen molar-refractivity contribution in [2.24, 2.45) is 0 Å². The van der Waals surface area contributed by atoms with E-state index in [1.165, 1.54) is 0 Å². The van der Waals surface area contributed by atoms with Crippen LogP contribution in [0.2, 0.25) is 0 Å². The Hall–Kier alpha value is -0.610. The molecule has 2 aromatic rings. The summed E-state index contributed by atoms with van der Waals surface area (Å²) in [6.07, 6.45) is 0.883. The van der Waals surface area contributed by atoms with E-state index >= 15 is 0 Å². The Morgan fingerprint density at radius 3 is 2.57 bits per heavy atom. The smallest absolute Gasteiger partial charge is 0.152 e. The summed E-state index contributed by atoms with van der Waals surface area (Å²) in [4.78, 5) is 14.0. The highest BCUT2D eigenvalue weighted by Gasteiger charge is 2.09.